The Bertz CT molecular complexity index is 784. The van der Waals surface area contributed by atoms with E-state index >= 15 is 0 Å². The molecule has 0 aromatic heterocycles. The van der Waals surface area contributed by atoms with Crippen molar-refractivity contribution in [3.05, 3.63) is 58.7 Å². The van der Waals surface area contributed by atoms with E-state index in [-0.39, 0.29) is 17.5 Å². The van der Waals surface area contributed by atoms with Crippen LogP contribution in [0.5, 0.6) is 0 Å². The van der Waals surface area contributed by atoms with Crippen LogP contribution in [-0.2, 0) is 9.53 Å². The summed E-state index contributed by atoms with van der Waals surface area (Å²) in [6.07, 6.45) is 20.4. The molecule has 0 aromatic carbocycles. The summed E-state index contributed by atoms with van der Waals surface area (Å²) < 4.78 is 5.65. The third-order valence-corrected chi connectivity index (χ3v) is 7.36. The van der Waals surface area contributed by atoms with Gasteiger partial charge in [0.25, 0.3) is 0 Å². The zero-order valence-electron chi connectivity index (χ0n) is 23.6. The van der Waals surface area contributed by atoms with E-state index in [2.05, 4.69) is 79.3 Å². The third kappa shape index (κ3) is 11.5. The molecule has 0 heterocycles. The van der Waals surface area contributed by atoms with E-state index in [9.17, 15) is 4.79 Å². The maximum absolute atomic E-state index is 11.5. The Hall–Kier alpha value is -1.83. The van der Waals surface area contributed by atoms with Gasteiger partial charge in [-0.25, -0.2) is 0 Å². The number of esters is 1. The fraction of sp³-hybridized carbons (Fsp3) is 0.656. The largest absolute Gasteiger partial charge is 0.462 e. The van der Waals surface area contributed by atoms with Crippen LogP contribution < -0.4 is 0 Å². The fourth-order valence-electron chi connectivity index (χ4n) is 5.07. The molecule has 0 N–H and O–H groups in total. The van der Waals surface area contributed by atoms with E-state index in [1.807, 2.05) is 0 Å². The molecule has 1 aliphatic rings. The molecule has 0 bridgehead atoms. The Labute approximate surface area is 211 Å². The van der Waals surface area contributed by atoms with Crippen LogP contribution >= 0.6 is 0 Å². The summed E-state index contributed by atoms with van der Waals surface area (Å²) in [7, 11) is 0. The molecule has 2 nitrogen and oxygen atoms in total. The smallest absolute Gasteiger partial charge is 0.302 e. The monoisotopic (exact) mass is 468 g/mol. The minimum atomic E-state index is -0.172. The topological polar surface area (TPSA) is 26.3 Å². The second kappa shape index (κ2) is 15.2. The van der Waals surface area contributed by atoms with Crippen LogP contribution in [0.2, 0.25) is 0 Å². The van der Waals surface area contributed by atoms with Crippen LogP contribution in [0.25, 0.3) is 0 Å². The number of allylic oxidation sites excluding steroid dienone is 9. The first kappa shape index (κ1) is 30.2. The number of ether oxygens (including phenoxy) is 1. The van der Waals surface area contributed by atoms with Gasteiger partial charge in [0.15, 0.2) is 0 Å². The normalized spacial score (nSPS) is 21.4. The fourth-order valence-corrected chi connectivity index (χ4v) is 5.07. The number of carbonyl (C=O) groups excluding carboxylic acids is 1. The average molecular weight is 469 g/mol. The maximum Gasteiger partial charge on any atom is 0.302 e. The molecule has 34 heavy (non-hydrogen) atoms. The lowest BCUT2D eigenvalue weighted by Crippen LogP contribution is -2.43. The summed E-state index contributed by atoms with van der Waals surface area (Å²) in [5.74, 6) is 0.226. The van der Waals surface area contributed by atoms with Crippen molar-refractivity contribution in [1.29, 1.82) is 0 Å². The van der Waals surface area contributed by atoms with Gasteiger partial charge in [-0.05, 0) is 105 Å². The molecule has 1 rings (SSSR count). The van der Waals surface area contributed by atoms with Gasteiger partial charge in [-0.3, -0.25) is 4.79 Å². The molecule has 192 valence electrons. The highest BCUT2D eigenvalue weighted by Crippen LogP contribution is 2.47. The van der Waals surface area contributed by atoms with Crippen molar-refractivity contribution >= 4 is 5.97 Å². The summed E-state index contributed by atoms with van der Waals surface area (Å²) in [4.78, 5) is 11.5. The van der Waals surface area contributed by atoms with Gasteiger partial charge in [-0.1, -0.05) is 72.6 Å². The SMILES string of the molecule is C=C1CC[C@H](OC(C)=O)C(C)(C)[C@@H]1CC/C(C)=C/CC/C=C(\C)CC/C=C(\C)CCC=C(C)C. The molecule has 0 saturated heterocycles. The van der Waals surface area contributed by atoms with E-state index in [1.54, 1.807) is 0 Å². The number of carbonyl (C=O) groups is 1. The lowest BCUT2D eigenvalue weighted by molar-refractivity contribution is -0.156. The zero-order chi connectivity index (χ0) is 25.7. The zero-order valence-corrected chi connectivity index (χ0v) is 23.6. The molecule has 2 heteroatoms. The van der Waals surface area contributed by atoms with Crippen molar-refractivity contribution < 1.29 is 9.53 Å². The number of unbranched alkanes of at least 4 members (excludes halogenated alkanes) is 1. The van der Waals surface area contributed by atoms with Gasteiger partial charge in [0.05, 0.1) is 0 Å². The summed E-state index contributed by atoms with van der Waals surface area (Å²) in [6, 6.07) is 0. The Morgan fingerprint density at radius 3 is 1.88 bits per heavy atom. The van der Waals surface area contributed by atoms with Gasteiger partial charge in [0.1, 0.15) is 6.10 Å². The molecule has 2 atom stereocenters. The first-order chi connectivity index (χ1) is 15.9. The minimum absolute atomic E-state index is 0.00564. The summed E-state index contributed by atoms with van der Waals surface area (Å²) in [5.41, 5.74) is 7.13. The van der Waals surface area contributed by atoms with E-state index < -0.39 is 0 Å². The Kier molecular flexibility index (Phi) is 13.5. The number of rotatable bonds is 13. The highest BCUT2D eigenvalue weighted by molar-refractivity contribution is 5.66. The summed E-state index contributed by atoms with van der Waals surface area (Å²) in [6.45, 7) is 21.5. The molecule has 0 aromatic rings. The maximum atomic E-state index is 11.5. The molecule has 1 saturated carbocycles. The Balaban J connectivity index is 2.42. The van der Waals surface area contributed by atoms with Crippen LogP contribution in [0.3, 0.4) is 0 Å². The highest BCUT2D eigenvalue weighted by Gasteiger charge is 2.43. The predicted molar refractivity (Wildman–Crippen MR) is 149 cm³/mol. The van der Waals surface area contributed by atoms with Crippen molar-refractivity contribution in [2.24, 2.45) is 11.3 Å². The van der Waals surface area contributed by atoms with Gasteiger partial charge in [0.2, 0.25) is 0 Å². The molecule has 0 aliphatic heterocycles. The molecule has 0 amide bonds. The van der Waals surface area contributed by atoms with Crippen molar-refractivity contribution in [2.75, 3.05) is 0 Å². The Morgan fingerprint density at radius 2 is 1.35 bits per heavy atom. The van der Waals surface area contributed by atoms with Crippen molar-refractivity contribution in [1.82, 2.24) is 0 Å². The quantitative estimate of drug-likeness (QED) is 0.153. The van der Waals surface area contributed by atoms with Gasteiger partial charge in [-0.15, -0.1) is 0 Å². The standard InChI is InChI=1S/C32H52O2/c1-24(2)14-12-17-26(4)19-13-18-25(3)15-10-11-16-27(5)20-22-30-28(6)21-23-31(32(30,8)9)34-29(7)33/h14-16,19,30-31H,6,10-13,17-18,20-23H2,1-5,7-9H3/b25-15+,26-19+,27-16+/t30-,31+/m1/s1. The molecule has 0 radical (unpaired) electrons. The molecule has 1 fully saturated rings. The third-order valence-electron chi connectivity index (χ3n) is 7.36. The van der Waals surface area contributed by atoms with Crippen LogP contribution in [0, 0.1) is 11.3 Å². The Morgan fingerprint density at radius 1 is 0.853 bits per heavy atom. The summed E-state index contributed by atoms with van der Waals surface area (Å²) in [5, 5.41) is 0. The molecular formula is C32H52O2. The molecular weight excluding hydrogens is 416 g/mol. The second-order valence-corrected chi connectivity index (χ2v) is 11.3. The predicted octanol–water partition coefficient (Wildman–Crippen LogP) is 9.84. The molecule has 0 unspecified atom stereocenters. The number of hydrogen-bond donors (Lipinski definition) is 0. The van der Waals surface area contributed by atoms with Gasteiger partial charge >= 0.3 is 5.97 Å². The van der Waals surface area contributed by atoms with Crippen LogP contribution in [0.4, 0.5) is 0 Å². The van der Waals surface area contributed by atoms with Crippen LogP contribution in [0.1, 0.15) is 120 Å². The first-order valence-electron chi connectivity index (χ1n) is 13.4. The van der Waals surface area contributed by atoms with E-state index in [0.717, 1.165) is 57.8 Å². The van der Waals surface area contributed by atoms with Gasteiger partial charge < -0.3 is 4.74 Å². The molecule has 0 spiro atoms. The lowest BCUT2D eigenvalue weighted by Gasteiger charge is -2.45. The first-order valence-corrected chi connectivity index (χ1v) is 13.4. The van der Waals surface area contributed by atoms with E-state index in [0.29, 0.717) is 5.92 Å². The molecule has 1 aliphatic carbocycles. The lowest BCUT2D eigenvalue weighted by atomic mass is 9.63. The van der Waals surface area contributed by atoms with Crippen LogP contribution in [0.15, 0.2) is 58.7 Å². The van der Waals surface area contributed by atoms with Crippen molar-refractivity contribution in [3.8, 4) is 0 Å². The van der Waals surface area contributed by atoms with E-state index in [1.165, 1.54) is 41.2 Å². The number of hydrogen-bond acceptors (Lipinski definition) is 2. The van der Waals surface area contributed by atoms with Gasteiger partial charge in [-0.2, -0.15) is 0 Å². The van der Waals surface area contributed by atoms with Gasteiger partial charge in [0, 0.05) is 12.3 Å². The average Bonchev–Trinajstić information content (AvgIpc) is 2.72. The van der Waals surface area contributed by atoms with Crippen LogP contribution in [-0.4, -0.2) is 12.1 Å². The van der Waals surface area contributed by atoms with E-state index in [4.69, 9.17) is 4.74 Å². The highest BCUT2D eigenvalue weighted by atomic mass is 16.5. The minimum Gasteiger partial charge on any atom is -0.462 e. The van der Waals surface area contributed by atoms with Crippen molar-refractivity contribution in [3.63, 3.8) is 0 Å². The second-order valence-electron chi connectivity index (χ2n) is 11.3. The van der Waals surface area contributed by atoms with Crippen molar-refractivity contribution in [2.45, 2.75) is 126 Å². The summed E-state index contributed by atoms with van der Waals surface area (Å²) >= 11 is 0.